The lowest BCUT2D eigenvalue weighted by molar-refractivity contribution is -0.137. The molecular weight excluding hydrogens is 260 g/mol. The first-order valence-electron chi connectivity index (χ1n) is 6.65. The van der Waals surface area contributed by atoms with E-state index >= 15 is 0 Å². The molecule has 2 rings (SSSR count). The molecule has 6 heteroatoms. The number of aliphatic carboxylic acids is 1. The van der Waals surface area contributed by atoms with Crippen LogP contribution >= 0.6 is 0 Å². The van der Waals surface area contributed by atoms with E-state index in [0.29, 0.717) is 17.9 Å². The molecule has 2 heterocycles. The van der Waals surface area contributed by atoms with E-state index < -0.39 is 11.9 Å². The Morgan fingerprint density at radius 3 is 3.00 bits per heavy atom. The van der Waals surface area contributed by atoms with Gasteiger partial charge in [-0.25, -0.2) is 9.78 Å². The molecular formula is C14H18N2O4. The standard InChI is InChI=1S/C14H18N2O4/c1-20-14(19)11-6-4-7-15-13(11)16-8-3-2-5-10(16)9-12(17)18/h4,6-7,10H,2-3,5,8-9H2,1H3,(H,17,18). The molecule has 0 radical (unpaired) electrons. The van der Waals surface area contributed by atoms with Crippen LogP contribution in [0.1, 0.15) is 36.0 Å². The topological polar surface area (TPSA) is 79.7 Å². The molecule has 1 aromatic heterocycles. The third kappa shape index (κ3) is 3.07. The smallest absolute Gasteiger partial charge is 0.341 e. The van der Waals surface area contributed by atoms with Gasteiger partial charge in [0.15, 0.2) is 0 Å². The summed E-state index contributed by atoms with van der Waals surface area (Å²) >= 11 is 0. The van der Waals surface area contributed by atoms with E-state index in [1.807, 2.05) is 4.90 Å². The molecule has 108 valence electrons. The van der Waals surface area contributed by atoms with Crippen LogP contribution in [0.5, 0.6) is 0 Å². The Bertz CT molecular complexity index is 504. The highest BCUT2D eigenvalue weighted by Crippen LogP contribution is 2.28. The van der Waals surface area contributed by atoms with Crippen LogP contribution in [-0.2, 0) is 9.53 Å². The number of pyridine rings is 1. The van der Waals surface area contributed by atoms with E-state index in [4.69, 9.17) is 9.84 Å². The van der Waals surface area contributed by atoms with Gasteiger partial charge in [0.2, 0.25) is 0 Å². The maximum atomic E-state index is 11.8. The van der Waals surface area contributed by atoms with E-state index in [9.17, 15) is 9.59 Å². The van der Waals surface area contributed by atoms with Gasteiger partial charge in [-0.05, 0) is 31.4 Å². The van der Waals surface area contributed by atoms with Gasteiger partial charge in [0.05, 0.1) is 13.5 Å². The molecule has 1 unspecified atom stereocenters. The lowest BCUT2D eigenvalue weighted by atomic mass is 9.98. The summed E-state index contributed by atoms with van der Waals surface area (Å²) in [5, 5.41) is 9.02. The number of aromatic nitrogens is 1. The molecule has 1 aliphatic rings. The normalized spacial score (nSPS) is 18.6. The second-order valence-electron chi connectivity index (χ2n) is 4.81. The Kier molecular flexibility index (Phi) is 4.55. The van der Waals surface area contributed by atoms with Gasteiger partial charge in [-0.15, -0.1) is 0 Å². The van der Waals surface area contributed by atoms with Crippen molar-refractivity contribution in [2.24, 2.45) is 0 Å². The Balaban J connectivity index is 2.32. The fraction of sp³-hybridized carbons (Fsp3) is 0.500. The van der Waals surface area contributed by atoms with Gasteiger partial charge in [-0.3, -0.25) is 4.79 Å². The third-order valence-corrected chi connectivity index (χ3v) is 3.50. The minimum Gasteiger partial charge on any atom is -0.481 e. The number of hydrogen-bond acceptors (Lipinski definition) is 5. The fourth-order valence-corrected chi connectivity index (χ4v) is 2.59. The zero-order chi connectivity index (χ0) is 14.5. The number of carbonyl (C=O) groups is 2. The van der Waals surface area contributed by atoms with Gasteiger partial charge in [-0.1, -0.05) is 0 Å². The molecule has 0 bridgehead atoms. The summed E-state index contributed by atoms with van der Waals surface area (Å²) in [7, 11) is 1.32. The summed E-state index contributed by atoms with van der Waals surface area (Å²) in [4.78, 5) is 29.0. The summed E-state index contributed by atoms with van der Waals surface area (Å²) in [6.45, 7) is 0.707. The Labute approximate surface area is 117 Å². The van der Waals surface area contributed by atoms with Crippen molar-refractivity contribution in [3.05, 3.63) is 23.9 Å². The van der Waals surface area contributed by atoms with E-state index in [-0.39, 0.29) is 12.5 Å². The Morgan fingerprint density at radius 1 is 1.50 bits per heavy atom. The van der Waals surface area contributed by atoms with Crippen LogP contribution in [0, 0.1) is 0 Å². The average molecular weight is 278 g/mol. The molecule has 1 aromatic rings. The maximum absolute atomic E-state index is 11.8. The van der Waals surface area contributed by atoms with Crippen molar-refractivity contribution < 1.29 is 19.4 Å². The molecule has 1 fully saturated rings. The summed E-state index contributed by atoms with van der Waals surface area (Å²) in [5.41, 5.74) is 0.382. The summed E-state index contributed by atoms with van der Waals surface area (Å²) in [6.07, 6.45) is 4.41. The minimum atomic E-state index is -0.836. The van der Waals surface area contributed by atoms with Gasteiger partial charge >= 0.3 is 11.9 Å². The van der Waals surface area contributed by atoms with Crippen molar-refractivity contribution in [1.29, 1.82) is 0 Å². The van der Waals surface area contributed by atoms with Crippen molar-refractivity contribution >= 4 is 17.8 Å². The van der Waals surface area contributed by atoms with Gasteiger partial charge in [0, 0.05) is 18.8 Å². The molecule has 0 amide bonds. The van der Waals surface area contributed by atoms with Crippen molar-refractivity contribution in [2.45, 2.75) is 31.7 Å². The lowest BCUT2D eigenvalue weighted by Crippen LogP contribution is -2.42. The summed E-state index contributed by atoms with van der Waals surface area (Å²) in [5.74, 6) is -0.768. The average Bonchev–Trinajstić information content (AvgIpc) is 2.46. The molecule has 0 aliphatic carbocycles. The van der Waals surface area contributed by atoms with Crippen LogP contribution in [0.3, 0.4) is 0 Å². The van der Waals surface area contributed by atoms with Gasteiger partial charge in [0.25, 0.3) is 0 Å². The largest absolute Gasteiger partial charge is 0.481 e. The predicted octanol–water partition coefficient (Wildman–Crippen LogP) is 1.70. The number of hydrogen-bond donors (Lipinski definition) is 1. The molecule has 6 nitrogen and oxygen atoms in total. The zero-order valence-electron chi connectivity index (χ0n) is 11.4. The van der Waals surface area contributed by atoms with Crippen LogP contribution in [-0.4, -0.2) is 41.7 Å². The molecule has 20 heavy (non-hydrogen) atoms. The zero-order valence-corrected chi connectivity index (χ0v) is 11.4. The molecule has 1 atom stereocenters. The number of carboxylic acid groups (broad SMARTS) is 1. The van der Waals surface area contributed by atoms with Crippen LogP contribution < -0.4 is 4.90 Å². The van der Waals surface area contributed by atoms with Gasteiger partial charge < -0.3 is 14.7 Å². The highest BCUT2D eigenvalue weighted by molar-refractivity contribution is 5.94. The second kappa shape index (κ2) is 6.36. The molecule has 0 aromatic carbocycles. The number of carboxylic acids is 1. The Morgan fingerprint density at radius 2 is 2.30 bits per heavy atom. The number of piperidine rings is 1. The van der Waals surface area contributed by atoms with Gasteiger partial charge in [0.1, 0.15) is 11.4 Å². The number of rotatable bonds is 4. The molecule has 1 aliphatic heterocycles. The van der Waals surface area contributed by atoms with Crippen molar-refractivity contribution in [1.82, 2.24) is 4.98 Å². The molecule has 1 saturated heterocycles. The maximum Gasteiger partial charge on any atom is 0.341 e. The minimum absolute atomic E-state index is 0.0528. The fourth-order valence-electron chi connectivity index (χ4n) is 2.59. The first-order valence-corrected chi connectivity index (χ1v) is 6.65. The van der Waals surface area contributed by atoms with Crippen molar-refractivity contribution in [3.63, 3.8) is 0 Å². The monoisotopic (exact) mass is 278 g/mol. The van der Waals surface area contributed by atoms with Crippen LogP contribution in [0.15, 0.2) is 18.3 Å². The van der Waals surface area contributed by atoms with Crippen LogP contribution in [0.4, 0.5) is 5.82 Å². The molecule has 1 N–H and O–H groups in total. The number of methoxy groups -OCH3 is 1. The lowest BCUT2D eigenvalue weighted by Gasteiger charge is -2.36. The molecule has 0 saturated carbocycles. The first kappa shape index (κ1) is 14.3. The van der Waals surface area contributed by atoms with Crippen molar-refractivity contribution in [3.8, 4) is 0 Å². The Hall–Kier alpha value is -2.11. The number of esters is 1. The highest BCUT2D eigenvalue weighted by Gasteiger charge is 2.28. The molecule has 0 spiro atoms. The summed E-state index contributed by atoms with van der Waals surface area (Å²) in [6, 6.07) is 3.20. The van der Waals surface area contributed by atoms with Crippen LogP contribution in [0.2, 0.25) is 0 Å². The number of carbonyl (C=O) groups excluding carboxylic acids is 1. The highest BCUT2D eigenvalue weighted by atomic mass is 16.5. The number of nitrogens with zero attached hydrogens (tertiary/aromatic N) is 2. The van der Waals surface area contributed by atoms with E-state index in [0.717, 1.165) is 19.3 Å². The van der Waals surface area contributed by atoms with E-state index in [1.54, 1.807) is 18.3 Å². The second-order valence-corrected chi connectivity index (χ2v) is 4.81. The van der Waals surface area contributed by atoms with Gasteiger partial charge in [-0.2, -0.15) is 0 Å². The SMILES string of the molecule is COC(=O)c1cccnc1N1CCCCC1CC(=O)O. The first-order chi connectivity index (χ1) is 9.63. The van der Waals surface area contributed by atoms with Crippen LogP contribution in [0.25, 0.3) is 0 Å². The quantitative estimate of drug-likeness (QED) is 0.844. The van der Waals surface area contributed by atoms with E-state index in [2.05, 4.69) is 4.98 Å². The van der Waals surface area contributed by atoms with E-state index in [1.165, 1.54) is 7.11 Å². The van der Waals surface area contributed by atoms with Crippen molar-refractivity contribution in [2.75, 3.05) is 18.6 Å². The summed E-state index contributed by atoms with van der Waals surface area (Å²) < 4.78 is 4.76. The number of ether oxygens (including phenoxy) is 1. The number of anilines is 1. The third-order valence-electron chi connectivity index (χ3n) is 3.50. The predicted molar refractivity (Wildman–Crippen MR) is 72.8 cm³/mol.